The molecule has 1 amide bonds. The van der Waals surface area contributed by atoms with E-state index in [1.54, 1.807) is 22.5 Å². The fourth-order valence-corrected chi connectivity index (χ4v) is 5.49. The third-order valence-corrected chi connectivity index (χ3v) is 7.49. The molecule has 1 N–H and O–H groups in total. The largest absolute Gasteiger partial charge is 0.349 e. The summed E-state index contributed by atoms with van der Waals surface area (Å²) >= 11 is 0. The maximum atomic E-state index is 13.0. The number of hydrogen-bond donors (Lipinski definition) is 1. The lowest BCUT2D eigenvalue weighted by atomic mass is 9.95. The highest BCUT2D eigenvalue weighted by atomic mass is 32.2. The zero-order valence-corrected chi connectivity index (χ0v) is 16.5. The van der Waals surface area contributed by atoms with Crippen LogP contribution in [0.2, 0.25) is 0 Å². The molecule has 0 spiro atoms. The summed E-state index contributed by atoms with van der Waals surface area (Å²) in [4.78, 5) is 13.0. The van der Waals surface area contributed by atoms with Gasteiger partial charge in [0.05, 0.1) is 4.90 Å². The Kier molecular flexibility index (Phi) is 6.35. The molecule has 0 aromatic heterocycles. The van der Waals surface area contributed by atoms with Gasteiger partial charge in [0.2, 0.25) is 10.0 Å². The molecule has 2 aliphatic rings. The quantitative estimate of drug-likeness (QED) is 0.870. The van der Waals surface area contributed by atoms with Gasteiger partial charge in [-0.3, -0.25) is 4.79 Å². The number of amides is 1. The second kappa shape index (κ2) is 8.53. The fraction of sp³-hybridized carbons (Fsp3) is 0.650. The Bertz CT molecular complexity index is 731. The topological polar surface area (TPSA) is 66.5 Å². The molecule has 6 heteroatoms. The lowest BCUT2D eigenvalue weighted by Crippen LogP contribution is -2.37. The number of carbonyl (C=O) groups excluding carboxylic acids is 1. The first-order valence-electron chi connectivity index (χ1n) is 9.90. The van der Waals surface area contributed by atoms with Gasteiger partial charge in [-0.15, -0.1) is 0 Å². The van der Waals surface area contributed by atoms with Gasteiger partial charge >= 0.3 is 0 Å². The van der Waals surface area contributed by atoms with E-state index in [1.165, 1.54) is 6.42 Å². The molecular formula is C20H30N2O3S. The summed E-state index contributed by atoms with van der Waals surface area (Å²) in [6.45, 7) is 3.00. The van der Waals surface area contributed by atoms with Gasteiger partial charge in [-0.25, -0.2) is 8.42 Å². The van der Waals surface area contributed by atoms with Gasteiger partial charge in [0.15, 0.2) is 0 Å². The van der Waals surface area contributed by atoms with Crippen LogP contribution in [0, 0.1) is 6.92 Å². The molecule has 1 saturated heterocycles. The Morgan fingerprint density at radius 3 is 2.27 bits per heavy atom. The first-order valence-corrected chi connectivity index (χ1v) is 11.3. The normalized spacial score (nSPS) is 20.5. The maximum absolute atomic E-state index is 13.0. The van der Waals surface area contributed by atoms with Crippen LogP contribution in [0.3, 0.4) is 0 Å². The first-order chi connectivity index (χ1) is 12.5. The van der Waals surface area contributed by atoms with E-state index in [0.29, 0.717) is 18.7 Å². The van der Waals surface area contributed by atoms with Crippen LogP contribution in [0.15, 0.2) is 23.1 Å². The molecule has 0 radical (unpaired) electrons. The average Bonchev–Trinajstić information content (AvgIpc) is 2.92. The van der Waals surface area contributed by atoms with Crippen molar-refractivity contribution in [3.05, 3.63) is 29.3 Å². The smallest absolute Gasteiger partial charge is 0.251 e. The van der Waals surface area contributed by atoms with Crippen molar-refractivity contribution in [2.24, 2.45) is 0 Å². The van der Waals surface area contributed by atoms with Crippen molar-refractivity contribution >= 4 is 15.9 Å². The van der Waals surface area contributed by atoms with Crippen molar-refractivity contribution in [3.63, 3.8) is 0 Å². The molecule has 0 bridgehead atoms. The van der Waals surface area contributed by atoms with Crippen LogP contribution in [0.25, 0.3) is 0 Å². The van der Waals surface area contributed by atoms with Crippen LogP contribution in [0.5, 0.6) is 0 Å². The van der Waals surface area contributed by atoms with E-state index < -0.39 is 10.0 Å². The average molecular weight is 379 g/mol. The minimum atomic E-state index is -3.54. The molecule has 2 fully saturated rings. The number of nitrogens with one attached hydrogen (secondary N) is 1. The molecule has 0 unspecified atom stereocenters. The number of rotatable bonds is 4. The second-order valence-electron chi connectivity index (χ2n) is 7.60. The van der Waals surface area contributed by atoms with Gasteiger partial charge in [0.1, 0.15) is 0 Å². The molecule has 144 valence electrons. The summed E-state index contributed by atoms with van der Waals surface area (Å²) < 4.78 is 27.6. The highest BCUT2D eigenvalue weighted by Crippen LogP contribution is 2.23. The van der Waals surface area contributed by atoms with Gasteiger partial charge < -0.3 is 5.32 Å². The van der Waals surface area contributed by atoms with Crippen LogP contribution in [-0.4, -0.2) is 37.8 Å². The lowest BCUT2D eigenvalue weighted by molar-refractivity contribution is 0.0927. The van der Waals surface area contributed by atoms with Crippen molar-refractivity contribution in [2.45, 2.75) is 75.6 Å². The van der Waals surface area contributed by atoms with Crippen LogP contribution in [0.4, 0.5) is 0 Å². The van der Waals surface area contributed by atoms with Crippen molar-refractivity contribution in [2.75, 3.05) is 13.1 Å². The standard InChI is InChI=1S/C20H30N2O3S/c1-16-11-12-18(26(24,25)22-13-7-2-3-8-14-22)15-19(16)20(23)21-17-9-5-4-6-10-17/h11-12,15,17H,2-10,13-14H2,1H3,(H,21,23). The van der Waals surface area contributed by atoms with E-state index in [4.69, 9.17) is 0 Å². The number of aryl methyl sites for hydroxylation is 1. The number of benzene rings is 1. The molecular weight excluding hydrogens is 348 g/mol. The zero-order chi connectivity index (χ0) is 18.6. The minimum Gasteiger partial charge on any atom is -0.349 e. The van der Waals surface area contributed by atoms with Crippen molar-refractivity contribution in [3.8, 4) is 0 Å². The number of sulfonamides is 1. The highest BCUT2D eigenvalue weighted by Gasteiger charge is 2.27. The number of carbonyl (C=O) groups is 1. The summed E-state index contributed by atoms with van der Waals surface area (Å²) in [5.74, 6) is -0.151. The molecule has 1 aromatic carbocycles. The van der Waals surface area contributed by atoms with Crippen LogP contribution < -0.4 is 5.32 Å². The van der Waals surface area contributed by atoms with Crippen LogP contribution in [0.1, 0.15) is 73.7 Å². The van der Waals surface area contributed by atoms with Crippen molar-refractivity contribution in [1.29, 1.82) is 0 Å². The Labute approximate surface area is 157 Å². The fourth-order valence-electron chi connectivity index (χ4n) is 3.95. The SMILES string of the molecule is Cc1ccc(S(=O)(=O)N2CCCCCC2)cc1C(=O)NC1CCCCC1. The summed E-state index contributed by atoms with van der Waals surface area (Å²) in [6, 6.07) is 5.16. The first kappa shape index (κ1) is 19.4. The predicted octanol–water partition coefficient (Wildman–Crippen LogP) is 3.62. The van der Waals surface area contributed by atoms with Gasteiger partial charge in [-0.1, -0.05) is 38.2 Å². The van der Waals surface area contributed by atoms with Gasteiger partial charge in [-0.05, 0) is 50.3 Å². The van der Waals surface area contributed by atoms with E-state index in [9.17, 15) is 13.2 Å². The maximum Gasteiger partial charge on any atom is 0.251 e. The summed E-state index contributed by atoms with van der Waals surface area (Å²) in [5, 5.41) is 3.10. The van der Waals surface area contributed by atoms with E-state index in [2.05, 4.69) is 5.32 Å². The summed E-state index contributed by atoms with van der Waals surface area (Å²) in [5.41, 5.74) is 1.29. The van der Waals surface area contributed by atoms with E-state index in [0.717, 1.165) is 56.9 Å². The van der Waals surface area contributed by atoms with E-state index >= 15 is 0 Å². The van der Waals surface area contributed by atoms with Crippen LogP contribution in [-0.2, 0) is 10.0 Å². The monoisotopic (exact) mass is 378 g/mol. The third kappa shape index (κ3) is 4.46. The minimum absolute atomic E-state index is 0.151. The van der Waals surface area contributed by atoms with E-state index in [1.807, 2.05) is 6.92 Å². The predicted molar refractivity (Wildman–Crippen MR) is 103 cm³/mol. The highest BCUT2D eigenvalue weighted by molar-refractivity contribution is 7.89. The van der Waals surface area contributed by atoms with Gasteiger partial charge in [-0.2, -0.15) is 4.31 Å². The molecule has 0 atom stereocenters. The van der Waals surface area contributed by atoms with Gasteiger partial charge in [0, 0.05) is 24.7 Å². The van der Waals surface area contributed by atoms with Crippen molar-refractivity contribution < 1.29 is 13.2 Å². The Morgan fingerprint density at radius 2 is 1.62 bits per heavy atom. The van der Waals surface area contributed by atoms with Crippen molar-refractivity contribution in [1.82, 2.24) is 9.62 Å². The Morgan fingerprint density at radius 1 is 1.00 bits per heavy atom. The Balaban J connectivity index is 1.80. The molecule has 1 saturated carbocycles. The third-order valence-electron chi connectivity index (χ3n) is 5.60. The summed E-state index contributed by atoms with van der Waals surface area (Å²) in [6.07, 6.45) is 9.51. The molecule has 1 aliphatic heterocycles. The molecule has 1 aliphatic carbocycles. The number of hydrogen-bond acceptors (Lipinski definition) is 3. The Hall–Kier alpha value is -1.40. The second-order valence-corrected chi connectivity index (χ2v) is 9.54. The lowest BCUT2D eigenvalue weighted by Gasteiger charge is -2.24. The molecule has 5 nitrogen and oxygen atoms in total. The van der Waals surface area contributed by atoms with E-state index in [-0.39, 0.29) is 16.8 Å². The summed E-state index contributed by atoms with van der Waals surface area (Å²) in [7, 11) is -3.54. The molecule has 1 heterocycles. The molecule has 26 heavy (non-hydrogen) atoms. The molecule has 1 aromatic rings. The zero-order valence-electron chi connectivity index (χ0n) is 15.7. The molecule has 3 rings (SSSR count). The number of nitrogens with zero attached hydrogens (tertiary/aromatic N) is 1. The van der Waals surface area contributed by atoms with Crippen LogP contribution >= 0.6 is 0 Å². The van der Waals surface area contributed by atoms with Gasteiger partial charge in [0.25, 0.3) is 5.91 Å².